The predicted molar refractivity (Wildman–Crippen MR) is 43.1 cm³/mol. The molecule has 0 aromatic rings. The van der Waals surface area contributed by atoms with E-state index in [9.17, 15) is 4.79 Å². The molecule has 2 nitrogen and oxygen atoms in total. The lowest BCUT2D eigenvalue weighted by Gasteiger charge is -2.24. The molecule has 1 radical (unpaired) electrons. The molecule has 0 saturated heterocycles. The molecule has 0 aromatic heterocycles. The number of aliphatic carboxylic acids is 1. The number of rotatable bonds is 2. The smallest absolute Gasteiger partial charge is 0.306 e. The lowest BCUT2D eigenvalue weighted by Crippen LogP contribution is -2.22. The summed E-state index contributed by atoms with van der Waals surface area (Å²) in [6.45, 7) is 1.81. The van der Waals surface area contributed by atoms with E-state index in [4.69, 9.17) is 5.11 Å². The van der Waals surface area contributed by atoms with Crippen molar-refractivity contribution in [3.05, 3.63) is 6.42 Å². The van der Waals surface area contributed by atoms with E-state index >= 15 is 0 Å². The zero-order valence-electron chi connectivity index (χ0n) is 6.92. The van der Waals surface area contributed by atoms with Gasteiger partial charge in [-0.3, -0.25) is 4.79 Å². The zero-order chi connectivity index (χ0) is 8.27. The molecule has 0 heterocycles. The van der Waals surface area contributed by atoms with Crippen molar-refractivity contribution in [3.63, 3.8) is 0 Å². The SMILES string of the molecule is CC(C(=O)O)C1C[CH]CCC1. The molecule has 2 atom stereocenters. The number of hydrogen-bond donors (Lipinski definition) is 1. The van der Waals surface area contributed by atoms with Gasteiger partial charge >= 0.3 is 5.97 Å². The molecule has 63 valence electrons. The fraction of sp³-hybridized carbons (Fsp3) is 0.778. The van der Waals surface area contributed by atoms with Gasteiger partial charge in [0.05, 0.1) is 5.92 Å². The van der Waals surface area contributed by atoms with Crippen molar-refractivity contribution in [2.24, 2.45) is 11.8 Å². The highest BCUT2D eigenvalue weighted by atomic mass is 16.4. The van der Waals surface area contributed by atoms with Gasteiger partial charge in [0.2, 0.25) is 0 Å². The number of hydrogen-bond acceptors (Lipinski definition) is 1. The van der Waals surface area contributed by atoms with E-state index in [1.54, 1.807) is 0 Å². The molecule has 1 N–H and O–H groups in total. The van der Waals surface area contributed by atoms with Crippen molar-refractivity contribution in [1.82, 2.24) is 0 Å². The van der Waals surface area contributed by atoms with E-state index in [1.165, 1.54) is 12.8 Å². The first-order valence-electron chi connectivity index (χ1n) is 4.26. The molecule has 0 bridgehead atoms. The van der Waals surface area contributed by atoms with Crippen molar-refractivity contribution in [3.8, 4) is 0 Å². The van der Waals surface area contributed by atoms with Crippen molar-refractivity contribution >= 4 is 5.97 Å². The van der Waals surface area contributed by atoms with Crippen LogP contribution in [0, 0.1) is 18.3 Å². The van der Waals surface area contributed by atoms with E-state index in [0.29, 0.717) is 5.92 Å². The second-order valence-corrected chi connectivity index (χ2v) is 3.34. The van der Waals surface area contributed by atoms with Crippen LogP contribution in [0.5, 0.6) is 0 Å². The molecule has 2 heteroatoms. The quantitative estimate of drug-likeness (QED) is 0.663. The fourth-order valence-electron chi connectivity index (χ4n) is 1.63. The summed E-state index contributed by atoms with van der Waals surface area (Å²) in [4.78, 5) is 10.6. The second-order valence-electron chi connectivity index (χ2n) is 3.34. The van der Waals surface area contributed by atoms with Gasteiger partial charge in [0.1, 0.15) is 0 Å². The van der Waals surface area contributed by atoms with Crippen LogP contribution in [-0.4, -0.2) is 11.1 Å². The first-order valence-corrected chi connectivity index (χ1v) is 4.26. The monoisotopic (exact) mass is 155 g/mol. The Labute approximate surface area is 67.6 Å². The van der Waals surface area contributed by atoms with Crippen molar-refractivity contribution in [2.45, 2.75) is 32.6 Å². The molecule has 0 aromatic carbocycles. The Morgan fingerprint density at radius 2 is 2.45 bits per heavy atom. The Morgan fingerprint density at radius 3 is 2.91 bits per heavy atom. The molecule has 1 aliphatic rings. The minimum absolute atomic E-state index is 0.161. The van der Waals surface area contributed by atoms with Crippen LogP contribution < -0.4 is 0 Å². The van der Waals surface area contributed by atoms with E-state index in [2.05, 4.69) is 6.42 Å². The number of carboxylic acid groups (broad SMARTS) is 1. The average molecular weight is 155 g/mol. The molecular formula is C9H15O2. The predicted octanol–water partition coefficient (Wildman–Crippen LogP) is 2.10. The molecule has 2 unspecified atom stereocenters. The summed E-state index contributed by atoms with van der Waals surface area (Å²) < 4.78 is 0. The molecule has 0 aliphatic heterocycles. The van der Waals surface area contributed by atoms with Crippen LogP contribution in [0.15, 0.2) is 0 Å². The van der Waals surface area contributed by atoms with Crippen LogP contribution in [0.25, 0.3) is 0 Å². The molecule has 1 fully saturated rings. The Morgan fingerprint density at radius 1 is 1.73 bits per heavy atom. The van der Waals surface area contributed by atoms with Crippen molar-refractivity contribution < 1.29 is 9.90 Å². The fourth-order valence-corrected chi connectivity index (χ4v) is 1.63. The first kappa shape index (κ1) is 8.57. The third-order valence-electron chi connectivity index (χ3n) is 2.55. The van der Waals surface area contributed by atoms with E-state index in [0.717, 1.165) is 12.8 Å². The van der Waals surface area contributed by atoms with Gasteiger partial charge in [0.25, 0.3) is 0 Å². The van der Waals surface area contributed by atoms with Gasteiger partial charge in [0.15, 0.2) is 0 Å². The Hall–Kier alpha value is -0.530. The minimum Gasteiger partial charge on any atom is -0.481 e. The van der Waals surface area contributed by atoms with E-state index < -0.39 is 5.97 Å². The number of carbonyl (C=O) groups is 1. The lowest BCUT2D eigenvalue weighted by atomic mass is 9.81. The average Bonchev–Trinajstić information content (AvgIpc) is 2.05. The summed E-state index contributed by atoms with van der Waals surface area (Å²) in [7, 11) is 0. The van der Waals surface area contributed by atoms with Gasteiger partial charge in [-0.25, -0.2) is 0 Å². The Kier molecular flexibility index (Phi) is 2.92. The molecule has 0 spiro atoms. The molecule has 11 heavy (non-hydrogen) atoms. The normalized spacial score (nSPS) is 23.0. The van der Waals surface area contributed by atoms with Gasteiger partial charge in [-0.15, -0.1) is 0 Å². The maximum Gasteiger partial charge on any atom is 0.306 e. The zero-order valence-corrected chi connectivity index (χ0v) is 6.92. The highest BCUT2D eigenvalue weighted by molar-refractivity contribution is 5.69. The van der Waals surface area contributed by atoms with Crippen LogP contribution in [0.3, 0.4) is 0 Å². The van der Waals surface area contributed by atoms with Crippen LogP contribution in [0.4, 0.5) is 0 Å². The van der Waals surface area contributed by atoms with Crippen molar-refractivity contribution in [2.75, 3.05) is 0 Å². The third-order valence-corrected chi connectivity index (χ3v) is 2.55. The number of carboxylic acids is 1. The highest BCUT2D eigenvalue weighted by Crippen LogP contribution is 2.29. The maximum absolute atomic E-state index is 10.6. The summed E-state index contributed by atoms with van der Waals surface area (Å²) in [5.41, 5.74) is 0. The van der Waals surface area contributed by atoms with Gasteiger partial charge in [-0.2, -0.15) is 0 Å². The van der Waals surface area contributed by atoms with Gasteiger partial charge in [0, 0.05) is 0 Å². The van der Waals surface area contributed by atoms with Crippen molar-refractivity contribution in [1.29, 1.82) is 0 Å². The first-order chi connectivity index (χ1) is 5.22. The Balaban J connectivity index is 2.38. The molecule has 1 rings (SSSR count). The highest BCUT2D eigenvalue weighted by Gasteiger charge is 2.24. The molecule has 1 aliphatic carbocycles. The van der Waals surface area contributed by atoms with Crippen LogP contribution in [-0.2, 0) is 4.79 Å². The molecule has 0 amide bonds. The summed E-state index contributed by atoms with van der Waals surface area (Å²) >= 11 is 0. The standard InChI is InChI=1S/C9H15O2/c1-7(9(10)11)8-5-3-2-4-6-8/h3,7-8H,2,4-6H2,1H3,(H,10,11). The van der Waals surface area contributed by atoms with Crippen LogP contribution in [0.1, 0.15) is 32.6 Å². The third kappa shape index (κ3) is 2.21. The topological polar surface area (TPSA) is 37.3 Å². The maximum atomic E-state index is 10.6. The summed E-state index contributed by atoms with van der Waals surface area (Å²) in [6, 6.07) is 0. The molecular weight excluding hydrogens is 140 g/mol. The largest absolute Gasteiger partial charge is 0.481 e. The van der Waals surface area contributed by atoms with Crippen LogP contribution >= 0.6 is 0 Å². The van der Waals surface area contributed by atoms with Gasteiger partial charge in [-0.1, -0.05) is 19.8 Å². The summed E-state index contributed by atoms with van der Waals surface area (Å²) in [5.74, 6) is -0.418. The van der Waals surface area contributed by atoms with E-state index in [-0.39, 0.29) is 5.92 Å². The van der Waals surface area contributed by atoms with E-state index in [1.807, 2.05) is 6.92 Å². The van der Waals surface area contributed by atoms with Gasteiger partial charge in [-0.05, 0) is 25.2 Å². The van der Waals surface area contributed by atoms with Gasteiger partial charge < -0.3 is 5.11 Å². The molecule has 1 saturated carbocycles. The minimum atomic E-state index is -0.648. The lowest BCUT2D eigenvalue weighted by molar-refractivity contribution is -0.143. The van der Waals surface area contributed by atoms with Crippen LogP contribution in [0.2, 0.25) is 0 Å². The summed E-state index contributed by atoms with van der Waals surface area (Å²) in [6.07, 6.45) is 6.64. The summed E-state index contributed by atoms with van der Waals surface area (Å²) in [5, 5.41) is 8.72. The second kappa shape index (κ2) is 3.74. The Bertz CT molecular complexity index is 136.